The summed E-state index contributed by atoms with van der Waals surface area (Å²) in [5.41, 5.74) is 13.6. The molecular formula is C24H26N8O. The minimum atomic E-state index is 0. The monoisotopic (exact) mass is 442 g/mol. The Morgan fingerprint density at radius 2 is 1.88 bits per heavy atom. The molecule has 3 aromatic heterocycles. The maximum Gasteiger partial charge on any atom is 0.227 e. The summed E-state index contributed by atoms with van der Waals surface area (Å²) in [7, 11) is 0. The summed E-state index contributed by atoms with van der Waals surface area (Å²) in [5, 5.41) is 9.10. The zero-order valence-corrected chi connectivity index (χ0v) is 18.7. The van der Waals surface area contributed by atoms with Gasteiger partial charge in [0, 0.05) is 17.7 Å². The summed E-state index contributed by atoms with van der Waals surface area (Å²) < 4.78 is 8.06. The largest absolute Gasteiger partial charge is 0.436 e. The SMILES string of the molecule is Cc1cc(C)c2oc(-c3ccc(-c4nn(C5CCNC5)c5ncnc(N)c45)cc3)nc2c1.N. The van der Waals surface area contributed by atoms with Crippen LogP contribution in [0.5, 0.6) is 0 Å². The molecule has 9 nitrogen and oxygen atoms in total. The molecule has 9 heteroatoms. The molecule has 1 unspecified atom stereocenters. The highest BCUT2D eigenvalue weighted by Gasteiger charge is 2.24. The van der Waals surface area contributed by atoms with Gasteiger partial charge in [-0.05, 0) is 56.1 Å². The maximum absolute atomic E-state index is 6.25. The van der Waals surface area contributed by atoms with Gasteiger partial charge >= 0.3 is 0 Å². The Morgan fingerprint density at radius 3 is 2.64 bits per heavy atom. The van der Waals surface area contributed by atoms with Crippen molar-refractivity contribution < 1.29 is 4.42 Å². The van der Waals surface area contributed by atoms with Crippen LogP contribution in [0.15, 0.2) is 47.1 Å². The van der Waals surface area contributed by atoms with Crippen molar-refractivity contribution >= 4 is 28.0 Å². The molecule has 1 aliphatic rings. The molecule has 0 radical (unpaired) electrons. The molecule has 1 aliphatic heterocycles. The van der Waals surface area contributed by atoms with E-state index in [2.05, 4.69) is 28.3 Å². The first-order chi connectivity index (χ1) is 15.6. The molecule has 1 atom stereocenters. The number of aryl methyl sites for hydroxylation is 2. The van der Waals surface area contributed by atoms with Crippen molar-refractivity contribution in [3.8, 4) is 22.7 Å². The highest BCUT2D eigenvalue weighted by atomic mass is 16.3. The van der Waals surface area contributed by atoms with Gasteiger partial charge in [-0.3, -0.25) is 0 Å². The average Bonchev–Trinajstić information content (AvgIpc) is 3.52. The minimum Gasteiger partial charge on any atom is -0.436 e. The number of hydrogen-bond donors (Lipinski definition) is 3. The summed E-state index contributed by atoms with van der Waals surface area (Å²) in [6, 6.07) is 12.5. The lowest BCUT2D eigenvalue weighted by atomic mass is 10.1. The lowest BCUT2D eigenvalue weighted by Crippen LogP contribution is -2.15. The Bertz CT molecular complexity index is 1460. The average molecular weight is 443 g/mol. The third kappa shape index (κ3) is 3.42. The highest BCUT2D eigenvalue weighted by molar-refractivity contribution is 5.98. The van der Waals surface area contributed by atoms with Gasteiger partial charge in [-0.1, -0.05) is 18.2 Å². The van der Waals surface area contributed by atoms with Gasteiger partial charge in [0.2, 0.25) is 5.89 Å². The van der Waals surface area contributed by atoms with Crippen LogP contribution in [-0.2, 0) is 0 Å². The van der Waals surface area contributed by atoms with Crippen LogP contribution in [-0.4, -0.2) is 37.8 Å². The topological polar surface area (TPSA) is 143 Å². The minimum absolute atomic E-state index is 0. The van der Waals surface area contributed by atoms with Gasteiger partial charge in [0.1, 0.15) is 23.4 Å². The standard InChI is InChI=1S/C24H23N7O.H3N/c1-13-9-14(2)21-18(10-13)29-24(32-21)16-5-3-15(4-6-16)20-19-22(25)27-12-28-23(19)31(30-20)17-7-8-26-11-17;/h3-6,9-10,12,17,26H,7-8,11H2,1-2H3,(H2,25,27,28);1H3. The fourth-order valence-corrected chi connectivity index (χ4v) is 4.57. The predicted molar refractivity (Wildman–Crippen MR) is 129 cm³/mol. The van der Waals surface area contributed by atoms with E-state index in [1.807, 2.05) is 41.9 Å². The summed E-state index contributed by atoms with van der Waals surface area (Å²) in [5.74, 6) is 1.05. The molecule has 1 fully saturated rings. The first kappa shape index (κ1) is 21.0. The molecule has 0 aliphatic carbocycles. The van der Waals surface area contributed by atoms with E-state index in [0.29, 0.717) is 11.7 Å². The number of hydrogen-bond acceptors (Lipinski definition) is 8. The lowest BCUT2D eigenvalue weighted by Gasteiger charge is -2.09. The number of nitrogens with zero attached hydrogens (tertiary/aromatic N) is 5. The summed E-state index contributed by atoms with van der Waals surface area (Å²) >= 11 is 0. The van der Waals surface area contributed by atoms with Crippen molar-refractivity contribution in [2.75, 3.05) is 18.8 Å². The molecule has 0 bridgehead atoms. The maximum atomic E-state index is 6.25. The van der Waals surface area contributed by atoms with Gasteiger partial charge in [-0.25, -0.2) is 19.6 Å². The van der Waals surface area contributed by atoms with Crippen LogP contribution >= 0.6 is 0 Å². The van der Waals surface area contributed by atoms with Crippen LogP contribution in [0.1, 0.15) is 23.6 Å². The number of anilines is 1. The Kier molecular flexibility index (Phi) is 5.07. The molecule has 5 aromatic rings. The molecule has 0 spiro atoms. The fraction of sp³-hybridized carbons (Fsp3) is 0.250. The van der Waals surface area contributed by atoms with Crippen molar-refractivity contribution in [1.82, 2.24) is 36.2 Å². The Labute approximate surface area is 190 Å². The van der Waals surface area contributed by atoms with Crippen LogP contribution in [0.2, 0.25) is 0 Å². The second kappa shape index (κ2) is 7.95. The zero-order valence-electron chi connectivity index (χ0n) is 18.7. The second-order valence-corrected chi connectivity index (χ2v) is 8.42. The molecule has 4 heterocycles. The third-order valence-corrected chi connectivity index (χ3v) is 6.12. The van der Waals surface area contributed by atoms with Gasteiger partial charge in [0.25, 0.3) is 0 Å². The Balaban J connectivity index is 0.00000228. The molecule has 168 valence electrons. The van der Waals surface area contributed by atoms with Gasteiger partial charge in [0.15, 0.2) is 11.2 Å². The van der Waals surface area contributed by atoms with E-state index in [-0.39, 0.29) is 12.2 Å². The van der Waals surface area contributed by atoms with E-state index >= 15 is 0 Å². The number of nitrogen functional groups attached to an aromatic ring is 1. The first-order valence-corrected chi connectivity index (χ1v) is 10.8. The number of benzene rings is 2. The molecular weight excluding hydrogens is 416 g/mol. The predicted octanol–water partition coefficient (Wildman–Crippen LogP) is 4.20. The van der Waals surface area contributed by atoms with Crippen molar-refractivity contribution in [3.63, 3.8) is 0 Å². The normalized spacial score (nSPS) is 15.9. The lowest BCUT2D eigenvalue weighted by molar-refractivity contribution is 0.504. The molecule has 0 saturated carbocycles. The van der Waals surface area contributed by atoms with Crippen LogP contribution in [0, 0.1) is 13.8 Å². The van der Waals surface area contributed by atoms with Gasteiger partial charge in [0.05, 0.1) is 11.4 Å². The highest BCUT2D eigenvalue weighted by Crippen LogP contribution is 2.34. The second-order valence-electron chi connectivity index (χ2n) is 8.42. The molecule has 2 aromatic carbocycles. The van der Waals surface area contributed by atoms with Crippen molar-refractivity contribution in [3.05, 3.63) is 53.9 Å². The summed E-state index contributed by atoms with van der Waals surface area (Å²) in [4.78, 5) is 13.4. The number of fused-ring (bicyclic) bond motifs is 2. The molecule has 6 N–H and O–H groups in total. The van der Waals surface area contributed by atoms with Crippen LogP contribution in [0.4, 0.5) is 5.82 Å². The Morgan fingerprint density at radius 1 is 1.09 bits per heavy atom. The van der Waals surface area contributed by atoms with E-state index < -0.39 is 0 Å². The smallest absolute Gasteiger partial charge is 0.227 e. The fourth-order valence-electron chi connectivity index (χ4n) is 4.57. The molecule has 1 saturated heterocycles. The van der Waals surface area contributed by atoms with Gasteiger partial charge < -0.3 is 21.6 Å². The van der Waals surface area contributed by atoms with Crippen molar-refractivity contribution in [2.24, 2.45) is 0 Å². The number of aromatic nitrogens is 5. The third-order valence-electron chi connectivity index (χ3n) is 6.12. The molecule has 0 amide bonds. The van der Waals surface area contributed by atoms with Crippen LogP contribution in [0.3, 0.4) is 0 Å². The van der Waals surface area contributed by atoms with E-state index in [1.54, 1.807) is 0 Å². The van der Waals surface area contributed by atoms with E-state index in [1.165, 1.54) is 11.9 Å². The number of nitrogens with two attached hydrogens (primary N) is 1. The molecule has 33 heavy (non-hydrogen) atoms. The van der Waals surface area contributed by atoms with E-state index in [4.69, 9.17) is 20.2 Å². The summed E-state index contributed by atoms with van der Waals surface area (Å²) in [6.07, 6.45) is 2.51. The number of oxazole rings is 1. The summed E-state index contributed by atoms with van der Waals surface area (Å²) in [6.45, 7) is 5.95. The Hall–Kier alpha value is -3.82. The number of nitrogens with one attached hydrogen (secondary N) is 1. The van der Waals surface area contributed by atoms with Crippen LogP contribution < -0.4 is 17.2 Å². The number of rotatable bonds is 3. The first-order valence-electron chi connectivity index (χ1n) is 10.8. The van der Waals surface area contributed by atoms with E-state index in [9.17, 15) is 0 Å². The molecule has 6 rings (SSSR count). The van der Waals surface area contributed by atoms with Crippen molar-refractivity contribution in [2.45, 2.75) is 26.3 Å². The zero-order chi connectivity index (χ0) is 21.8. The van der Waals surface area contributed by atoms with Crippen LogP contribution in [0.25, 0.3) is 44.8 Å². The quantitative estimate of drug-likeness (QED) is 0.377. The van der Waals surface area contributed by atoms with E-state index in [0.717, 1.165) is 64.0 Å². The van der Waals surface area contributed by atoms with Gasteiger partial charge in [-0.2, -0.15) is 5.10 Å². The van der Waals surface area contributed by atoms with Crippen molar-refractivity contribution in [1.29, 1.82) is 0 Å². The van der Waals surface area contributed by atoms with Gasteiger partial charge in [-0.15, -0.1) is 0 Å².